The van der Waals surface area contributed by atoms with Crippen molar-refractivity contribution in [2.45, 2.75) is 0 Å². The molecule has 4 heteroatoms. The molecule has 16 heavy (non-hydrogen) atoms. The first kappa shape index (κ1) is 10.4. The Morgan fingerprint density at radius 3 is 2.19 bits per heavy atom. The summed E-state index contributed by atoms with van der Waals surface area (Å²) < 4.78 is 10.4. The summed E-state index contributed by atoms with van der Waals surface area (Å²) in [7, 11) is 3.24. The van der Waals surface area contributed by atoms with Crippen molar-refractivity contribution in [3.63, 3.8) is 0 Å². The molecule has 0 N–H and O–H groups in total. The Kier molecular flexibility index (Phi) is 3.00. The van der Waals surface area contributed by atoms with Crippen LogP contribution in [-0.2, 0) is 0 Å². The Bertz CT molecular complexity index is 449. The zero-order valence-electron chi connectivity index (χ0n) is 9.18. The lowest BCUT2D eigenvalue weighted by Gasteiger charge is -2.07. The standard InChI is InChI=1S/C12H12N2O2/c1-15-10-6-9(7-11(8-10)16-2)12-4-3-5-13-14-12/h3-8H,1-2H3. The molecule has 0 aliphatic carbocycles. The lowest BCUT2D eigenvalue weighted by Crippen LogP contribution is -1.90. The highest BCUT2D eigenvalue weighted by Gasteiger charge is 2.04. The van der Waals surface area contributed by atoms with Crippen molar-refractivity contribution in [1.29, 1.82) is 0 Å². The first-order valence-electron chi connectivity index (χ1n) is 4.84. The maximum atomic E-state index is 5.19. The van der Waals surface area contributed by atoms with E-state index in [4.69, 9.17) is 9.47 Å². The van der Waals surface area contributed by atoms with Crippen molar-refractivity contribution >= 4 is 0 Å². The molecule has 0 amide bonds. The van der Waals surface area contributed by atoms with Gasteiger partial charge in [-0.2, -0.15) is 10.2 Å². The van der Waals surface area contributed by atoms with Crippen molar-refractivity contribution in [3.05, 3.63) is 36.5 Å². The number of benzene rings is 1. The van der Waals surface area contributed by atoms with Gasteiger partial charge in [0.05, 0.1) is 19.9 Å². The molecule has 0 fully saturated rings. The molecule has 1 aromatic heterocycles. The average molecular weight is 216 g/mol. The number of nitrogens with zero attached hydrogens (tertiary/aromatic N) is 2. The van der Waals surface area contributed by atoms with Crippen molar-refractivity contribution < 1.29 is 9.47 Å². The third-order valence-electron chi connectivity index (χ3n) is 2.22. The van der Waals surface area contributed by atoms with Crippen LogP contribution in [0.3, 0.4) is 0 Å². The highest BCUT2D eigenvalue weighted by molar-refractivity contribution is 5.63. The van der Waals surface area contributed by atoms with Crippen LogP contribution in [0.5, 0.6) is 11.5 Å². The van der Waals surface area contributed by atoms with E-state index in [0.29, 0.717) is 0 Å². The Balaban J connectivity index is 2.48. The van der Waals surface area contributed by atoms with Gasteiger partial charge in [-0.05, 0) is 24.3 Å². The number of methoxy groups -OCH3 is 2. The van der Waals surface area contributed by atoms with Gasteiger partial charge in [0.2, 0.25) is 0 Å². The van der Waals surface area contributed by atoms with Gasteiger partial charge >= 0.3 is 0 Å². The van der Waals surface area contributed by atoms with Crippen LogP contribution in [0.25, 0.3) is 11.3 Å². The quantitative estimate of drug-likeness (QED) is 0.788. The normalized spacial score (nSPS) is 9.88. The van der Waals surface area contributed by atoms with E-state index in [-0.39, 0.29) is 0 Å². The SMILES string of the molecule is COc1cc(OC)cc(-c2cccnn2)c1. The third-order valence-corrected chi connectivity index (χ3v) is 2.22. The summed E-state index contributed by atoms with van der Waals surface area (Å²) in [6, 6.07) is 9.34. The highest BCUT2D eigenvalue weighted by Crippen LogP contribution is 2.28. The summed E-state index contributed by atoms with van der Waals surface area (Å²) in [6.07, 6.45) is 1.64. The predicted octanol–water partition coefficient (Wildman–Crippen LogP) is 2.16. The van der Waals surface area contributed by atoms with Gasteiger partial charge < -0.3 is 9.47 Å². The molecule has 1 aromatic carbocycles. The zero-order valence-corrected chi connectivity index (χ0v) is 9.18. The molecular weight excluding hydrogens is 204 g/mol. The van der Waals surface area contributed by atoms with Gasteiger partial charge in [-0.25, -0.2) is 0 Å². The maximum absolute atomic E-state index is 5.19. The fourth-order valence-corrected chi connectivity index (χ4v) is 1.41. The molecule has 0 aliphatic rings. The molecule has 0 saturated carbocycles. The Morgan fingerprint density at radius 1 is 1.00 bits per heavy atom. The summed E-state index contributed by atoms with van der Waals surface area (Å²) in [5, 5.41) is 7.88. The molecule has 0 spiro atoms. The van der Waals surface area contributed by atoms with Crippen LogP contribution in [0.2, 0.25) is 0 Å². The molecule has 0 atom stereocenters. The smallest absolute Gasteiger partial charge is 0.123 e. The van der Waals surface area contributed by atoms with Crippen LogP contribution >= 0.6 is 0 Å². The number of rotatable bonds is 3. The minimum absolute atomic E-state index is 0.736. The second-order valence-corrected chi connectivity index (χ2v) is 3.21. The fourth-order valence-electron chi connectivity index (χ4n) is 1.41. The number of hydrogen-bond acceptors (Lipinski definition) is 4. The van der Waals surface area contributed by atoms with Crippen molar-refractivity contribution in [3.8, 4) is 22.8 Å². The van der Waals surface area contributed by atoms with Crippen LogP contribution in [0, 0.1) is 0 Å². The Hall–Kier alpha value is -2.10. The molecule has 1 heterocycles. The van der Waals surface area contributed by atoms with Crippen LogP contribution < -0.4 is 9.47 Å². The molecule has 2 rings (SSSR count). The predicted molar refractivity (Wildman–Crippen MR) is 60.6 cm³/mol. The van der Waals surface area contributed by atoms with E-state index < -0.39 is 0 Å². The van der Waals surface area contributed by atoms with Crippen molar-refractivity contribution in [1.82, 2.24) is 10.2 Å². The van der Waals surface area contributed by atoms with Crippen molar-refractivity contribution in [2.24, 2.45) is 0 Å². The molecule has 0 saturated heterocycles. The van der Waals surface area contributed by atoms with E-state index >= 15 is 0 Å². The summed E-state index contributed by atoms with van der Waals surface area (Å²) in [4.78, 5) is 0. The van der Waals surface area contributed by atoms with Gasteiger partial charge in [-0.1, -0.05) is 0 Å². The molecular formula is C12H12N2O2. The third kappa shape index (κ3) is 2.11. The molecule has 0 bridgehead atoms. The molecule has 0 unspecified atom stereocenters. The molecule has 82 valence electrons. The van der Waals surface area contributed by atoms with E-state index in [0.717, 1.165) is 22.8 Å². The van der Waals surface area contributed by atoms with E-state index in [1.54, 1.807) is 20.4 Å². The fraction of sp³-hybridized carbons (Fsp3) is 0.167. The largest absolute Gasteiger partial charge is 0.497 e. The maximum Gasteiger partial charge on any atom is 0.123 e. The van der Waals surface area contributed by atoms with Crippen LogP contribution in [0.1, 0.15) is 0 Å². The number of aromatic nitrogens is 2. The highest BCUT2D eigenvalue weighted by atomic mass is 16.5. The van der Waals surface area contributed by atoms with Gasteiger partial charge in [0.25, 0.3) is 0 Å². The first-order chi connectivity index (χ1) is 7.83. The molecule has 0 radical (unpaired) electrons. The molecule has 4 nitrogen and oxygen atoms in total. The number of ether oxygens (including phenoxy) is 2. The van der Waals surface area contributed by atoms with Gasteiger partial charge in [0.1, 0.15) is 11.5 Å². The van der Waals surface area contributed by atoms with Gasteiger partial charge in [0.15, 0.2) is 0 Å². The Labute approximate surface area is 93.9 Å². The van der Waals surface area contributed by atoms with E-state index in [1.165, 1.54) is 0 Å². The molecule has 0 aliphatic heterocycles. The Morgan fingerprint density at radius 2 is 1.69 bits per heavy atom. The lowest BCUT2D eigenvalue weighted by atomic mass is 10.1. The van der Waals surface area contributed by atoms with Crippen molar-refractivity contribution in [2.75, 3.05) is 14.2 Å². The molecule has 2 aromatic rings. The second kappa shape index (κ2) is 4.61. The lowest BCUT2D eigenvalue weighted by molar-refractivity contribution is 0.394. The first-order valence-corrected chi connectivity index (χ1v) is 4.84. The van der Waals surface area contributed by atoms with Gasteiger partial charge in [0, 0.05) is 17.8 Å². The van der Waals surface area contributed by atoms with Gasteiger partial charge in [-0.3, -0.25) is 0 Å². The summed E-state index contributed by atoms with van der Waals surface area (Å²) in [6.45, 7) is 0. The summed E-state index contributed by atoms with van der Waals surface area (Å²) in [5.74, 6) is 1.47. The average Bonchev–Trinajstić information content (AvgIpc) is 2.39. The summed E-state index contributed by atoms with van der Waals surface area (Å²) in [5.41, 5.74) is 1.71. The topological polar surface area (TPSA) is 44.2 Å². The van der Waals surface area contributed by atoms with Gasteiger partial charge in [-0.15, -0.1) is 0 Å². The van der Waals surface area contributed by atoms with E-state index in [9.17, 15) is 0 Å². The van der Waals surface area contributed by atoms with Crippen LogP contribution in [0.15, 0.2) is 36.5 Å². The van der Waals surface area contributed by atoms with Crippen LogP contribution in [-0.4, -0.2) is 24.4 Å². The van der Waals surface area contributed by atoms with E-state index in [1.807, 2.05) is 30.3 Å². The summed E-state index contributed by atoms with van der Waals surface area (Å²) >= 11 is 0. The minimum Gasteiger partial charge on any atom is -0.497 e. The number of hydrogen-bond donors (Lipinski definition) is 0. The zero-order chi connectivity index (χ0) is 11.4. The van der Waals surface area contributed by atoms with Crippen LogP contribution in [0.4, 0.5) is 0 Å². The second-order valence-electron chi connectivity index (χ2n) is 3.21. The van der Waals surface area contributed by atoms with E-state index in [2.05, 4.69) is 10.2 Å². The monoisotopic (exact) mass is 216 g/mol. The minimum atomic E-state index is 0.736.